The van der Waals surface area contributed by atoms with E-state index in [2.05, 4.69) is 5.32 Å². The Hall–Kier alpha value is -2.04. The number of benzene rings is 1. The summed E-state index contributed by atoms with van der Waals surface area (Å²) >= 11 is 0. The highest BCUT2D eigenvalue weighted by molar-refractivity contribution is 5.85. The molecule has 1 aromatic carbocycles. The zero-order valence-electron chi connectivity index (χ0n) is 11.7. The fraction of sp³-hybridized carbons (Fsp3) is 0.500. The number of carbonyl (C=O) groups excluding carboxylic acids is 1. The van der Waals surface area contributed by atoms with E-state index in [1.807, 2.05) is 0 Å². The Morgan fingerprint density at radius 3 is 2.33 bits per heavy atom. The minimum absolute atomic E-state index is 0.0181. The Bertz CT molecular complexity index is 544. The van der Waals surface area contributed by atoms with E-state index in [-0.39, 0.29) is 24.0 Å². The van der Waals surface area contributed by atoms with Crippen LogP contribution in [0, 0.1) is 17.8 Å². The molecule has 0 saturated heterocycles. The summed E-state index contributed by atoms with van der Waals surface area (Å²) in [6, 6.07) is 5.45. The number of carbonyl (C=O) groups is 2. The van der Waals surface area contributed by atoms with Gasteiger partial charge in [0.05, 0.1) is 0 Å². The van der Waals surface area contributed by atoms with Gasteiger partial charge in [-0.15, -0.1) is 0 Å². The SMILES string of the molecule is O=C(N[C@@H](Cc1ccc(O)cc1)C(=O)O)C1CC2CC2C1. The van der Waals surface area contributed by atoms with E-state index in [1.54, 1.807) is 12.1 Å². The number of nitrogens with one attached hydrogen (secondary N) is 1. The number of carboxylic acids is 1. The molecule has 0 heterocycles. The van der Waals surface area contributed by atoms with Gasteiger partial charge in [-0.2, -0.15) is 0 Å². The number of phenolic OH excluding ortho intramolecular Hbond substituents is 1. The smallest absolute Gasteiger partial charge is 0.326 e. The topological polar surface area (TPSA) is 86.6 Å². The van der Waals surface area contributed by atoms with Crippen LogP contribution in [0.25, 0.3) is 0 Å². The molecule has 21 heavy (non-hydrogen) atoms. The molecule has 1 amide bonds. The van der Waals surface area contributed by atoms with Crippen LogP contribution < -0.4 is 5.32 Å². The van der Waals surface area contributed by atoms with Gasteiger partial charge in [0.15, 0.2) is 0 Å². The summed E-state index contributed by atoms with van der Waals surface area (Å²) in [6.45, 7) is 0. The zero-order valence-corrected chi connectivity index (χ0v) is 11.7. The van der Waals surface area contributed by atoms with Gasteiger partial charge in [0, 0.05) is 12.3 Å². The number of carboxylic acid groups (broad SMARTS) is 1. The molecule has 3 atom stereocenters. The first-order chi connectivity index (χ1) is 10.0. The van der Waals surface area contributed by atoms with Crippen molar-refractivity contribution in [3.05, 3.63) is 29.8 Å². The molecule has 2 aliphatic carbocycles. The summed E-state index contributed by atoms with van der Waals surface area (Å²) in [6.07, 6.45) is 3.27. The molecule has 5 heteroatoms. The number of aliphatic carboxylic acids is 1. The van der Waals surface area contributed by atoms with Gasteiger partial charge in [-0.25, -0.2) is 4.79 Å². The molecule has 2 fully saturated rings. The predicted molar refractivity (Wildman–Crippen MR) is 75.7 cm³/mol. The average molecular weight is 289 g/mol. The molecule has 0 spiro atoms. The van der Waals surface area contributed by atoms with Gasteiger partial charge in [-0.1, -0.05) is 12.1 Å². The van der Waals surface area contributed by atoms with Gasteiger partial charge < -0.3 is 15.5 Å². The number of amides is 1. The minimum Gasteiger partial charge on any atom is -0.508 e. The number of phenols is 1. The molecule has 0 bridgehead atoms. The lowest BCUT2D eigenvalue weighted by Crippen LogP contribution is -2.44. The molecule has 0 radical (unpaired) electrons. The molecule has 0 aliphatic heterocycles. The molecule has 112 valence electrons. The van der Waals surface area contributed by atoms with Crippen molar-refractivity contribution < 1.29 is 19.8 Å². The first-order valence-corrected chi connectivity index (χ1v) is 7.34. The lowest BCUT2D eigenvalue weighted by Gasteiger charge is -2.18. The Kier molecular flexibility index (Phi) is 3.57. The van der Waals surface area contributed by atoms with E-state index >= 15 is 0 Å². The van der Waals surface area contributed by atoms with E-state index in [4.69, 9.17) is 0 Å². The van der Waals surface area contributed by atoms with Crippen molar-refractivity contribution in [1.82, 2.24) is 5.32 Å². The fourth-order valence-electron chi connectivity index (χ4n) is 3.29. The number of hydrogen-bond acceptors (Lipinski definition) is 3. The molecule has 5 nitrogen and oxygen atoms in total. The van der Waals surface area contributed by atoms with Gasteiger partial charge >= 0.3 is 5.97 Å². The maximum Gasteiger partial charge on any atom is 0.326 e. The Labute approximate surface area is 123 Å². The normalized spacial score (nSPS) is 27.7. The number of fused-ring (bicyclic) bond motifs is 1. The van der Waals surface area contributed by atoms with Crippen LogP contribution in [0.1, 0.15) is 24.8 Å². The first kappa shape index (κ1) is 13.9. The van der Waals surface area contributed by atoms with E-state index < -0.39 is 12.0 Å². The highest BCUT2D eigenvalue weighted by Gasteiger charge is 2.48. The van der Waals surface area contributed by atoms with Gasteiger partial charge in [0.25, 0.3) is 0 Å². The second kappa shape index (κ2) is 5.39. The molecular weight excluding hydrogens is 270 g/mol. The summed E-state index contributed by atoms with van der Waals surface area (Å²) in [4.78, 5) is 23.5. The van der Waals surface area contributed by atoms with Crippen LogP contribution >= 0.6 is 0 Å². The van der Waals surface area contributed by atoms with E-state index in [1.165, 1.54) is 18.6 Å². The maximum absolute atomic E-state index is 12.2. The number of hydrogen-bond donors (Lipinski definition) is 3. The molecule has 2 unspecified atom stereocenters. The minimum atomic E-state index is -1.03. The molecular formula is C16H19NO4. The standard InChI is InChI=1S/C16H19NO4/c18-13-3-1-9(2-4-13)5-14(16(20)21)17-15(19)12-7-10-6-11(10)8-12/h1-4,10-12,14,18H,5-8H2,(H,17,19)(H,20,21)/t10?,11?,12?,14-/m0/s1. The Morgan fingerprint density at radius 1 is 1.14 bits per heavy atom. The van der Waals surface area contributed by atoms with E-state index in [0.717, 1.165) is 18.4 Å². The first-order valence-electron chi connectivity index (χ1n) is 7.34. The summed E-state index contributed by atoms with van der Waals surface area (Å²) in [7, 11) is 0. The third-order valence-electron chi connectivity index (χ3n) is 4.61. The quantitative estimate of drug-likeness (QED) is 0.767. The summed E-state index contributed by atoms with van der Waals surface area (Å²) < 4.78 is 0. The lowest BCUT2D eigenvalue weighted by molar-refractivity contribution is -0.142. The van der Waals surface area contributed by atoms with Crippen molar-refractivity contribution in [1.29, 1.82) is 0 Å². The molecule has 3 rings (SSSR count). The largest absolute Gasteiger partial charge is 0.508 e. The van der Waals surface area contributed by atoms with Crippen molar-refractivity contribution in [3.8, 4) is 5.75 Å². The van der Waals surface area contributed by atoms with E-state index in [9.17, 15) is 19.8 Å². The Balaban J connectivity index is 1.60. The highest BCUT2D eigenvalue weighted by atomic mass is 16.4. The van der Waals surface area contributed by atoms with Crippen molar-refractivity contribution in [2.24, 2.45) is 17.8 Å². The van der Waals surface area contributed by atoms with Crippen molar-refractivity contribution in [2.45, 2.75) is 31.7 Å². The summed E-state index contributed by atoms with van der Waals surface area (Å²) in [5.74, 6) is 0.352. The maximum atomic E-state index is 12.2. The molecule has 3 N–H and O–H groups in total. The van der Waals surface area contributed by atoms with Crippen LogP contribution in [0.4, 0.5) is 0 Å². The molecule has 2 aliphatic rings. The number of rotatable bonds is 5. The fourth-order valence-corrected chi connectivity index (χ4v) is 3.29. The van der Waals surface area contributed by atoms with Crippen LogP contribution in [0.15, 0.2) is 24.3 Å². The summed E-state index contributed by atoms with van der Waals surface area (Å²) in [5.41, 5.74) is 0.773. The zero-order chi connectivity index (χ0) is 15.0. The van der Waals surface area contributed by atoms with Crippen LogP contribution in [-0.4, -0.2) is 28.1 Å². The summed E-state index contributed by atoms with van der Waals surface area (Å²) in [5, 5.41) is 21.2. The van der Waals surface area contributed by atoms with Crippen LogP contribution in [0.5, 0.6) is 5.75 Å². The van der Waals surface area contributed by atoms with Crippen LogP contribution in [0.3, 0.4) is 0 Å². The van der Waals surface area contributed by atoms with Crippen LogP contribution in [0.2, 0.25) is 0 Å². The van der Waals surface area contributed by atoms with Crippen molar-refractivity contribution in [2.75, 3.05) is 0 Å². The molecule has 2 saturated carbocycles. The lowest BCUT2D eigenvalue weighted by atomic mass is 10.0. The van der Waals surface area contributed by atoms with Crippen molar-refractivity contribution in [3.63, 3.8) is 0 Å². The second-order valence-electron chi connectivity index (χ2n) is 6.19. The predicted octanol–water partition coefficient (Wildman–Crippen LogP) is 1.55. The van der Waals surface area contributed by atoms with Crippen LogP contribution in [-0.2, 0) is 16.0 Å². The van der Waals surface area contributed by atoms with Gasteiger partial charge in [0.2, 0.25) is 5.91 Å². The third-order valence-corrected chi connectivity index (χ3v) is 4.61. The van der Waals surface area contributed by atoms with Gasteiger partial charge in [-0.3, -0.25) is 4.79 Å². The Morgan fingerprint density at radius 2 is 1.76 bits per heavy atom. The average Bonchev–Trinajstić information content (AvgIpc) is 3.06. The molecule has 0 aromatic heterocycles. The number of aromatic hydroxyl groups is 1. The van der Waals surface area contributed by atoms with E-state index in [0.29, 0.717) is 11.8 Å². The van der Waals surface area contributed by atoms with Gasteiger partial charge in [-0.05, 0) is 48.8 Å². The third kappa shape index (κ3) is 3.17. The highest BCUT2D eigenvalue weighted by Crippen LogP contribution is 2.54. The monoisotopic (exact) mass is 289 g/mol. The second-order valence-corrected chi connectivity index (χ2v) is 6.19. The van der Waals surface area contributed by atoms with Gasteiger partial charge in [0.1, 0.15) is 11.8 Å². The molecule has 1 aromatic rings. The van der Waals surface area contributed by atoms with Crippen molar-refractivity contribution >= 4 is 11.9 Å².